The minimum Gasteiger partial charge on any atom is -0.465 e. The number of benzene rings is 1. The number of esters is 1. The molecule has 1 aliphatic heterocycles. The van der Waals surface area contributed by atoms with E-state index in [1.165, 1.54) is 20.0 Å². The van der Waals surface area contributed by atoms with Crippen molar-refractivity contribution in [1.29, 1.82) is 0 Å². The average molecular weight is 262 g/mol. The Kier molecular flexibility index (Phi) is 4.80. The van der Waals surface area contributed by atoms with Crippen LogP contribution in [0.25, 0.3) is 0 Å². The maximum atomic E-state index is 11.4. The van der Waals surface area contributed by atoms with Crippen LogP contribution in [0.15, 0.2) is 24.3 Å². The van der Waals surface area contributed by atoms with Gasteiger partial charge < -0.3 is 15.0 Å². The SMILES string of the molecule is COC(=O)c1ccc(N(C)CC2CCCNC2)cc1. The maximum Gasteiger partial charge on any atom is 0.337 e. The van der Waals surface area contributed by atoms with Gasteiger partial charge in [0.05, 0.1) is 12.7 Å². The van der Waals surface area contributed by atoms with Crippen molar-refractivity contribution in [3.05, 3.63) is 29.8 Å². The smallest absolute Gasteiger partial charge is 0.337 e. The maximum absolute atomic E-state index is 11.4. The Bertz CT molecular complexity index is 411. The van der Waals surface area contributed by atoms with Crippen LogP contribution in [-0.4, -0.2) is 39.8 Å². The van der Waals surface area contributed by atoms with Crippen molar-refractivity contribution >= 4 is 11.7 Å². The third kappa shape index (κ3) is 3.70. The van der Waals surface area contributed by atoms with Crippen molar-refractivity contribution in [1.82, 2.24) is 5.32 Å². The number of carbonyl (C=O) groups excluding carboxylic acids is 1. The van der Waals surface area contributed by atoms with E-state index in [0.29, 0.717) is 11.5 Å². The first-order valence-electron chi connectivity index (χ1n) is 6.81. The number of nitrogens with one attached hydrogen (secondary N) is 1. The average Bonchev–Trinajstić information content (AvgIpc) is 2.47. The normalized spacial score (nSPS) is 18.9. The Hall–Kier alpha value is -1.55. The molecule has 4 heteroatoms. The molecular weight excluding hydrogens is 240 g/mol. The second kappa shape index (κ2) is 6.57. The van der Waals surface area contributed by atoms with E-state index in [2.05, 4.69) is 17.3 Å². The summed E-state index contributed by atoms with van der Waals surface area (Å²) < 4.78 is 4.70. The van der Waals surface area contributed by atoms with E-state index in [4.69, 9.17) is 4.74 Å². The van der Waals surface area contributed by atoms with E-state index in [1.54, 1.807) is 0 Å². The van der Waals surface area contributed by atoms with Crippen molar-refractivity contribution in [2.75, 3.05) is 38.7 Å². The standard InChI is InChI=1S/C15H22N2O2/c1-17(11-12-4-3-9-16-10-12)14-7-5-13(6-8-14)15(18)19-2/h5-8,12,16H,3-4,9-11H2,1-2H3. The molecule has 0 aromatic heterocycles. The summed E-state index contributed by atoms with van der Waals surface area (Å²) in [6, 6.07) is 7.58. The second-order valence-electron chi connectivity index (χ2n) is 5.13. The van der Waals surface area contributed by atoms with Gasteiger partial charge in [-0.15, -0.1) is 0 Å². The van der Waals surface area contributed by atoms with Gasteiger partial charge in [-0.3, -0.25) is 0 Å². The Balaban J connectivity index is 1.94. The van der Waals surface area contributed by atoms with Crippen LogP contribution < -0.4 is 10.2 Å². The first-order chi connectivity index (χ1) is 9.20. The number of hydrogen-bond donors (Lipinski definition) is 1. The number of carbonyl (C=O) groups is 1. The zero-order valence-corrected chi connectivity index (χ0v) is 11.7. The summed E-state index contributed by atoms with van der Waals surface area (Å²) >= 11 is 0. The van der Waals surface area contributed by atoms with Crippen LogP contribution in [0.4, 0.5) is 5.69 Å². The van der Waals surface area contributed by atoms with E-state index in [9.17, 15) is 4.79 Å². The molecule has 0 bridgehead atoms. The molecule has 0 amide bonds. The van der Waals surface area contributed by atoms with Crippen molar-refractivity contribution < 1.29 is 9.53 Å². The lowest BCUT2D eigenvalue weighted by molar-refractivity contribution is 0.0601. The number of methoxy groups -OCH3 is 1. The molecule has 0 radical (unpaired) electrons. The van der Waals surface area contributed by atoms with Gasteiger partial charge in [0.25, 0.3) is 0 Å². The van der Waals surface area contributed by atoms with Crippen LogP contribution in [0.2, 0.25) is 0 Å². The summed E-state index contributed by atoms with van der Waals surface area (Å²) in [6.07, 6.45) is 2.55. The highest BCUT2D eigenvalue weighted by Gasteiger charge is 2.15. The van der Waals surface area contributed by atoms with Crippen LogP contribution in [0, 0.1) is 5.92 Å². The molecule has 4 nitrogen and oxygen atoms in total. The Morgan fingerprint density at radius 1 is 1.42 bits per heavy atom. The molecule has 1 aromatic carbocycles. The Labute approximate surface area is 114 Å². The molecule has 1 aliphatic rings. The lowest BCUT2D eigenvalue weighted by Gasteiger charge is -2.29. The third-order valence-corrected chi connectivity index (χ3v) is 3.66. The van der Waals surface area contributed by atoms with Crippen molar-refractivity contribution in [3.8, 4) is 0 Å². The quantitative estimate of drug-likeness (QED) is 0.842. The van der Waals surface area contributed by atoms with E-state index in [1.807, 2.05) is 24.3 Å². The van der Waals surface area contributed by atoms with Crippen molar-refractivity contribution in [3.63, 3.8) is 0 Å². The minimum atomic E-state index is -0.286. The van der Waals surface area contributed by atoms with Crippen LogP contribution in [0.3, 0.4) is 0 Å². The van der Waals surface area contributed by atoms with E-state index in [-0.39, 0.29) is 5.97 Å². The third-order valence-electron chi connectivity index (χ3n) is 3.66. The number of ether oxygens (including phenoxy) is 1. The number of nitrogens with zero attached hydrogens (tertiary/aromatic N) is 1. The number of hydrogen-bond acceptors (Lipinski definition) is 4. The molecule has 1 saturated heterocycles. The number of anilines is 1. The summed E-state index contributed by atoms with van der Waals surface area (Å²) in [7, 11) is 3.50. The van der Waals surface area contributed by atoms with Gasteiger partial charge in [0, 0.05) is 19.3 Å². The summed E-state index contributed by atoms with van der Waals surface area (Å²) in [6.45, 7) is 3.29. The lowest BCUT2D eigenvalue weighted by Crippen LogP contribution is -2.36. The first kappa shape index (κ1) is 13.9. The lowest BCUT2D eigenvalue weighted by atomic mass is 9.99. The predicted molar refractivity (Wildman–Crippen MR) is 76.6 cm³/mol. The second-order valence-corrected chi connectivity index (χ2v) is 5.13. The first-order valence-corrected chi connectivity index (χ1v) is 6.81. The molecule has 1 aromatic rings. The van der Waals surface area contributed by atoms with Crippen molar-refractivity contribution in [2.45, 2.75) is 12.8 Å². The minimum absolute atomic E-state index is 0.286. The van der Waals surface area contributed by atoms with Crippen LogP contribution in [0.1, 0.15) is 23.2 Å². The van der Waals surface area contributed by atoms with E-state index >= 15 is 0 Å². The predicted octanol–water partition coefficient (Wildman–Crippen LogP) is 1.91. The summed E-state index contributed by atoms with van der Waals surface area (Å²) in [4.78, 5) is 13.6. The van der Waals surface area contributed by atoms with Crippen LogP contribution in [0.5, 0.6) is 0 Å². The van der Waals surface area contributed by atoms with Gasteiger partial charge >= 0.3 is 5.97 Å². The van der Waals surface area contributed by atoms with Crippen molar-refractivity contribution in [2.24, 2.45) is 5.92 Å². The summed E-state index contributed by atoms with van der Waals surface area (Å²) in [5, 5.41) is 3.44. The van der Waals surface area contributed by atoms with Gasteiger partial charge in [0.15, 0.2) is 0 Å². The van der Waals surface area contributed by atoms with Gasteiger partial charge in [-0.2, -0.15) is 0 Å². The van der Waals surface area contributed by atoms with Gasteiger partial charge in [-0.05, 0) is 56.1 Å². The zero-order chi connectivity index (χ0) is 13.7. The zero-order valence-electron chi connectivity index (χ0n) is 11.7. The van der Waals surface area contributed by atoms with Gasteiger partial charge in [0.1, 0.15) is 0 Å². The highest BCUT2D eigenvalue weighted by atomic mass is 16.5. The molecular formula is C15H22N2O2. The summed E-state index contributed by atoms with van der Waals surface area (Å²) in [5.41, 5.74) is 1.73. The molecule has 1 heterocycles. The van der Waals surface area contributed by atoms with E-state index in [0.717, 1.165) is 25.3 Å². The summed E-state index contributed by atoms with van der Waals surface area (Å²) in [5.74, 6) is 0.421. The topological polar surface area (TPSA) is 41.6 Å². The van der Waals surface area contributed by atoms with E-state index < -0.39 is 0 Å². The molecule has 1 unspecified atom stereocenters. The van der Waals surface area contributed by atoms with Gasteiger partial charge in [-0.25, -0.2) is 4.79 Å². The van der Waals surface area contributed by atoms with Crippen LogP contribution in [-0.2, 0) is 4.74 Å². The van der Waals surface area contributed by atoms with Crippen LogP contribution >= 0.6 is 0 Å². The highest BCUT2D eigenvalue weighted by Crippen LogP contribution is 2.18. The molecule has 1 atom stereocenters. The number of rotatable bonds is 4. The van der Waals surface area contributed by atoms with Gasteiger partial charge in [-0.1, -0.05) is 0 Å². The Morgan fingerprint density at radius 2 is 2.16 bits per heavy atom. The molecule has 104 valence electrons. The fraction of sp³-hybridized carbons (Fsp3) is 0.533. The fourth-order valence-corrected chi connectivity index (χ4v) is 2.54. The molecule has 0 spiro atoms. The Morgan fingerprint density at radius 3 is 2.74 bits per heavy atom. The molecule has 1 fully saturated rings. The number of piperidine rings is 1. The van der Waals surface area contributed by atoms with Gasteiger partial charge in [0.2, 0.25) is 0 Å². The fourth-order valence-electron chi connectivity index (χ4n) is 2.54. The molecule has 19 heavy (non-hydrogen) atoms. The molecule has 1 N–H and O–H groups in total. The molecule has 0 saturated carbocycles. The monoisotopic (exact) mass is 262 g/mol. The molecule has 2 rings (SSSR count). The highest BCUT2D eigenvalue weighted by molar-refractivity contribution is 5.89. The molecule has 0 aliphatic carbocycles. The largest absolute Gasteiger partial charge is 0.465 e.